The van der Waals surface area contributed by atoms with Crippen molar-refractivity contribution in [1.29, 1.82) is 0 Å². The summed E-state index contributed by atoms with van der Waals surface area (Å²) >= 11 is 0. The van der Waals surface area contributed by atoms with Crippen LogP contribution >= 0.6 is 0 Å². The summed E-state index contributed by atoms with van der Waals surface area (Å²) in [7, 11) is 1.74. The summed E-state index contributed by atoms with van der Waals surface area (Å²) in [5, 5.41) is 0. The van der Waals surface area contributed by atoms with Crippen LogP contribution in [0.1, 0.15) is 29.2 Å². The number of nitrogens with one attached hydrogen (secondary N) is 1. The van der Waals surface area contributed by atoms with Gasteiger partial charge in [-0.05, 0) is 30.5 Å². The summed E-state index contributed by atoms with van der Waals surface area (Å²) in [6.45, 7) is 9.01. The minimum Gasteiger partial charge on any atom is -0.267 e. The number of aryl methyl sites for hydroxylation is 3. The summed E-state index contributed by atoms with van der Waals surface area (Å²) in [5.74, 6) is 1.29. The van der Waals surface area contributed by atoms with Crippen LogP contribution in [0.2, 0.25) is 0 Å². The van der Waals surface area contributed by atoms with Crippen LogP contribution in [0.4, 0.5) is 5.95 Å². The van der Waals surface area contributed by atoms with Gasteiger partial charge in [0.25, 0.3) is 5.56 Å². The molecule has 1 aliphatic rings. The summed E-state index contributed by atoms with van der Waals surface area (Å²) in [6.07, 6.45) is 0.915. The van der Waals surface area contributed by atoms with E-state index in [1.54, 1.807) is 11.6 Å². The standard InChI is InChI=1S/C27H31N5O2/c1-18-10-11-20(3)22(14-18)17-32-25(33)23-24(29(4)27(32)34)28-26-30(15-19(2)16-31(23)26)13-12-21-8-6-5-7-9-21/h5-11,14,19H,12-13,15-17H2,1-4H3/p+1/t19-/m1/s1. The molecule has 1 atom stereocenters. The Morgan fingerprint density at radius 2 is 1.85 bits per heavy atom. The van der Waals surface area contributed by atoms with E-state index in [9.17, 15) is 9.59 Å². The number of hydrogen-bond acceptors (Lipinski definition) is 3. The van der Waals surface area contributed by atoms with Gasteiger partial charge in [-0.25, -0.2) is 14.3 Å². The maximum atomic E-state index is 13.7. The predicted octanol–water partition coefficient (Wildman–Crippen LogP) is 2.68. The second-order valence-corrected chi connectivity index (χ2v) is 9.71. The van der Waals surface area contributed by atoms with Crippen molar-refractivity contribution in [3.63, 3.8) is 0 Å². The van der Waals surface area contributed by atoms with Crippen molar-refractivity contribution in [1.82, 2.24) is 14.1 Å². The molecule has 176 valence electrons. The number of fused-ring (bicyclic) bond motifs is 3. The molecule has 0 amide bonds. The third kappa shape index (κ3) is 3.85. The van der Waals surface area contributed by atoms with Crippen LogP contribution in [0.15, 0.2) is 58.1 Å². The van der Waals surface area contributed by atoms with Crippen molar-refractivity contribution in [2.24, 2.45) is 13.0 Å². The summed E-state index contributed by atoms with van der Waals surface area (Å²) in [5.41, 5.74) is 5.07. The van der Waals surface area contributed by atoms with Gasteiger partial charge in [-0.15, -0.1) is 0 Å². The lowest BCUT2D eigenvalue weighted by molar-refractivity contribution is -0.670. The van der Waals surface area contributed by atoms with E-state index in [1.807, 2.05) is 32.0 Å². The van der Waals surface area contributed by atoms with Crippen molar-refractivity contribution < 1.29 is 4.57 Å². The third-order valence-electron chi connectivity index (χ3n) is 6.95. The summed E-state index contributed by atoms with van der Waals surface area (Å²) < 4.78 is 5.03. The monoisotopic (exact) mass is 458 g/mol. The molecule has 7 heteroatoms. The number of anilines is 1. The Morgan fingerprint density at radius 3 is 2.62 bits per heavy atom. The van der Waals surface area contributed by atoms with Crippen LogP contribution in [0, 0.1) is 19.8 Å². The van der Waals surface area contributed by atoms with Crippen molar-refractivity contribution >= 4 is 17.1 Å². The van der Waals surface area contributed by atoms with Gasteiger partial charge in [0, 0.05) is 19.4 Å². The Balaban J connectivity index is 1.60. The van der Waals surface area contributed by atoms with Gasteiger partial charge in [-0.3, -0.25) is 18.8 Å². The van der Waals surface area contributed by atoms with Crippen molar-refractivity contribution in [2.75, 3.05) is 18.0 Å². The van der Waals surface area contributed by atoms with Crippen LogP contribution in [-0.4, -0.2) is 27.2 Å². The molecule has 4 aromatic rings. The second-order valence-electron chi connectivity index (χ2n) is 9.71. The molecule has 0 spiro atoms. The fourth-order valence-corrected chi connectivity index (χ4v) is 5.06. The smallest absolute Gasteiger partial charge is 0.267 e. The number of hydrogen-bond donors (Lipinski definition) is 1. The van der Waals surface area contributed by atoms with Crippen LogP contribution < -0.4 is 20.7 Å². The highest BCUT2D eigenvalue weighted by atomic mass is 16.2. The molecule has 0 aliphatic carbocycles. The average molecular weight is 459 g/mol. The predicted molar refractivity (Wildman–Crippen MR) is 135 cm³/mol. The van der Waals surface area contributed by atoms with Gasteiger partial charge in [0.15, 0.2) is 0 Å². The van der Waals surface area contributed by atoms with Gasteiger partial charge in [0.2, 0.25) is 11.2 Å². The lowest BCUT2D eigenvalue weighted by atomic mass is 10.1. The second kappa shape index (κ2) is 8.63. The van der Waals surface area contributed by atoms with E-state index in [4.69, 9.17) is 0 Å². The Bertz CT molecular complexity index is 1480. The molecule has 5 rings (SSSR count). The average Bonchev–Trinajstić information content (AvgIpc) is 3.21. The Kier molecular flexibility index (Phi) is 5.63. The number of rotatable bonds is 5. The number of aromatic nitrogens is 4. The van der Waals surface area contributed by atoms with E-state index in [1.165, 1.54) is 10.1 Å². The molecule has 34 heavy (non-hydrogen) atoms. The van der Waals surface area contributed by atoms with Crippen LogP contribution in [0.3, 0.4) is 0 Å². The molecule has 0 saturated heterocycles. The van der Waals surface area contributed by atoms with E-state index in [0.29, 0.717) is 17.1 Å². The molecule has 7 nitrogen and oxygen atoms in total. The van der Waals surface area contributed by atoms with E-state index >= 15 is 0 Å². The first kappa shape index (κ1) is 22.2. The fourth-order valence-electron chi connectivity index (χ4n) is 5.06. The Morgan fingerprint density at radius 1 is 1.09 bits per heavy atom. The molecule has 1 N–H and O–H groups in total. The molecule has 0 bridgehead atoms. The van der Waals surface area contributed by atoms with Crippen LogP contribution in [-0.2, 0) is 26.6 Å². The molecular formula is C27H32N5O2+. The molecule has 3 heterocycles. The molecule has 2 aromatic carbocycles. The largest absolute Gasteiger partial charge is 0.359 e. The van der Waals surface area contributed by atoms with E-state index in [-0.39, 0.29) is 17.8 Å². The molecule has 0 unspecified atom stereocenters. The molecule has 1 aliphatic heterocycles. The maximum absolute atomic E-state index is 13.7. The van der Waals surface area contributed by atoms with Gasteiger partial charge in [0.05, 0.1) is 26.2 Å². The molecule has 2 aromatic heterocycles. The van der Waals surface area contributed by atoms with Crippen molar-refractivity contribution in [3.8, 4) is 0 Å². The highest BCUT2D eigenvalue weighted by Crippen LogP contribution is 2.20. The topological polar surface area (TPSA) is 66.9 Å². The minimum absolute atomic E-state index is 0.237. The number of imidazole rings is 1. The first-order valence-corrected chi connectivity index (χ1v) is 11.9. The highest BCUT2D eigenvalue weighted by Gasteiger charge is 2.34. The first-order valence-electron chi connectivity index (χ1n) is 11.9. The number of aromatic amines is 1. The number of benzene rings is 2. The summed E-state index contributed by atoms with van der Waals surface area (Å²) in [4.78, 5) is 32.7. The quantitative estimate of drug-likeness (QED) is 0.468. The lowest BCUT2D eigenvalue weighted by Crippen LogP contribution is -2.54. The lowest BCUT2D eigenvalue weighted by Gasteiger charge is -2.26. The van der Waals surface area contributed by atoms with Gasteiger partial charge in [0.1, 0.15) is 0 Å². The summed E-state index contributed by atoms with van der Waals surface area (Å²) in [6, 6.07) is 16.6. The molecular weight excluding hydrogens is 426 g/mol. The molecule has 0 radical (unpaired) electrons. The first-order chi connectivity index (χ1) is 16.3. The molecule has 0 saturated carbocycles. The number of H-pyrrole nitrogens is 1. The normalized spacial score (nSPS) is 15.6. The van der Waals surface area contributed by atoms with Gasteiger partial charge in [-0.2, -0.15) is 0 Å². The van der Waals surface area contributed by atoms with E-state index < -0.39 is 0 Å². The van der Waals surface area contributed by atoms with Gasteiger partial charge >= 0.3 is 11.6 Å². The maximum Gasteiger partial charge on any atom is 0.359 e. The van der Waals surface area contributed by atoms with E-state index in [2.05, 4.69) is 51.7 Å². The van der Waals surface area contributed by atoms with Crippen molar-refractivity contribution in [3.05, 3.63) is 91.6 Å². The number of nitrogens with zero attached hydrogens (tertiary/aromatic N) is 4. The SMILES string of the molecule is Cc1ccc(C)c(Cn2c(=O)c3c([nH]c4[n+]3C[C@H](C)CN4CCc3ccccc3)n(C)c2=O)c1. The Labute approximate surface area is 198 Å². The zero-order chi connectivity index (χ0) is 24.0. The van der Waals surface area contributed by atoms with E-state index in [0.717, 1.165) is 48.7 Å². The van der Waals surface area contributed by atoms with Gasteiger partial charge < -0.3 is 0 Å². The van der Waals surface area contributed by atoms with Crippen molar-refractivity contribution in [2.45, 2.75) is 40.3 Å². The third-order valence-corrected chi connectivity index (χ3v) is 6.95. The minimum atomic E-state index is -0.304. The fraction of sp³-hybridized carbons (Fsp3) is 0.370. The zero-order valence-electron chi connectivity index (χ0n) is 20.3. The highest BCUT2D eigenvalue weighted by molar-refractivity contribution is 5.68. The Hall–Kier alpha value is -3.61. The van der Waals surface area contributed by atoms with Gasteiger partial charge in [-0.1, -0.05) is 61.0 Å². The van der Waals surface area contributed by atoms with Crippen LogP contribution in [0.5, 0.6) is 0 Å². The van der Waals surface area contributed by atoms with Crippen LogP contribution in [0.25, 0.3) is 11.2 Å². The molecule has 0 fully saturated rings. The zero-order valence-corrected chi connectivity index (χ0v) is 20.3.